The highest BCUT2D eigenvalue weighted by Gasteiger charge is 2.32. The Bertz CT molecular complexity index is 408. The van der Waals surface area contributed by atoms with Crippen LogP contribution in [-0.4, -0.2) is 58.8 Å². The Hall–Kier alpha value is -0.590. The average Bonchev–Trinajstić information content (AvgIpc) is 3.14. The van der Waals surface area contributed by atoms with Crippen LogP contribution in [0.4, 0.5) is 0 Å². The van der Waals surface area contributed by atoms with E-state index in [-0.39, 0.29) is 0 Å². The highest BCUT2D eigenvalue weighted by atomic mass is 32.2. The molecule has 0 bridgehead atoms. The van der Waals surface area contributed by atoms with Crippen molar-refractivity contribution in [2.45, 2.75) is 45.6 Å². The third-order valence-corrected chi connectivity index (χ3v) is 5.27. The molecule has 0 spiro atoms. The fourth-order valence-corrected chi connectivity index (χ4v) is 4.02. The van der Waals surface area contributed by atoms with Crippen molar-refractivity contribution in [3.8, 4) is 0 Å². The van der Waals surface area contributed by atoms with Crippen LogP contribution >= 0.6 is 11.8 Å². The van der Waals surface area contributed by atoms with Gasteiger partial charge in [0.05, 0.1) is 5.92 Å². The van der Waals surface area contributed by atoms with E-state index in [9.17, 15) is 0 Å². The smallest absolute Gasteiger partial charge is 0.232 e. The van der Waals surface area contributed by atoms with Gasteiger partial charge in [-0.3, -0.25) is 0 Å². The van der Waals surface area contributed by atoms with Crippen LogP contribution in [0, 0.1) is 0 Å². The molecule has 0 aromatic carbocycles. The standard InChI is InChI=1S/C15H28N4OS/c1-4-8-16-13-11-21-10-12(13)15-17-14(18-20-15)7-9-19(5-2)6-3/h12-13,16H,4-11H2,1-3H3. The lowest BCUT2D eigenvalue weighted by atomic mass is 10.0. The minimum absolute atomic E-state index is 0.372. The van der Waals surface area contributed by atoms with Crippen molar-refractivity contribution >= 4 is 11.8 Å². The number of likely N-dealkylation sites (N-methyl/N-ethyl adjacent to an activating group) is 1. The lowest BCUT2D eigenvalue weighted by Gasteiger charge is -2.16. The Balaban J connectivity index is 1.89. The maximum atomic E-state index is 5.53. The molecular formula is C15H28N4OS. The summed E-state index contributed by atoms with van der Waals surface area (Å²) in [7, 11) is 0. The molecule has 2 rings (SSSR count). The van der Waals surface area contributed by atoms with Gasteiger partial charge in [-0.15, -0.1) is 0 Å². The lowest BCUT2D eigenvalue weighted by Crippen LogP contribution is -2.34. The van der Waals surface area contributed by atoms with Crippen LogP contribution in [0.1, 0.15) is 44.8 Å². The molecule has 1 saturated heterocycles. The van der Waals surface area contributed by atoms with Crippen molar-refractivity contribution in [1.82, 2.24) is 20.4 Å². The van der Waals surface area contributed by atoms with Gasteiger partial charge >= 0.3 is 0 Å². The maximum absolute atomic E-state index is 5.53. The van der Waals surface area contributed by atoms with E-state index in [4.69, 9.17) is 4.52 Å². The topological polar surface area (TPSA) is 54.2 Å². The SMILES string of the molecule is CCCNC1CSCC1c1nc(CCN(CC)CC)no1. The van der Waals surface area contributed by atoms with Crippen molar-refractivity contribution in [2.75, 3.05) is 37.7 Å². The van der Waals surface area contributed by atoms with Gasteiger partial charge in [0.25, 0.3) is 0 Å². The fourth-order valence-electron chi connectivity index (χ4n) is 2.65. The van der Waals surface area contributed by atoms with Crippen LogP contribution in [0.5, 0.6) is 0 Å². The van der Waals surface area contributed by atoms with E-state index in [0.717, 1.165) is 62.2 Å². The van der Waals surface area contributed by atoms with E-state index < -0.39 is 0 Å². The van der Waals surface area contributed by atoms with Crippen LogP contribution in [-0.2, 0) is 6.42 Å². The second kappa shape index (κ2) is 8.76. The number of nitrogens with one attached hydrogen (secondary N) is 1. The predicted molar refractivity (Wildman–Crippen MR) is 87.9 cm³/mol. The van der Waals surface area contributed by atoms with Crippen LogP contribution in [0.15, 0.2) is 4.52 Å². The highest BCUT2D eigenvalue weighted by molar-refractivity contribution is 7.99. The third-order valence-electron chi connectivity index (χ3n) is 4.08. The number of hydrogen-bond donors (Lipinski definition) is 1. The highest BCUT2D eigenvalue weighted by Crippen LogP contribution is 2.32. The lowest BCUT2D eigenvalue weighted by molar-refractivity contribution is 0.301. The second-order valence-electron chi connectivity index (χ2n) is 5.53. The second-order valence-corrected chi connectivity index (χ2v) is 6.61. The Morgan fingerprint density at radius 1 is 1.29 bits per heavy atom. The molecule has 120 valence electrons. The molecule has 6 heteroatoms. The summed E-state index contributed by atoms with van der Waals surface area (Å²) in [6.45, 7) is 10.8. The van der Waals surface area contributed by atoms with Gasteiger partial charge in [0.1, 0.15) is 0 Å². The van der Waals surface area contributed by atoms with Crippen LogP contribution < -0.4 is 5.32 Å². The summed E-state index contributed by atoms with van der Waals surface area (Å²) in [4.78, 5) is 7.02. The third kappa shape index (κ3) is 4.69. The average molecular weight is 312 g/mol. The molecule has 0 aliphatic carbocycles. The molecular weight excluding hydrogens is 284 g/mol. The normalized spacial score (nSPS) is 22.3. The zero-order valence-corrected chi connectivity index (χ0v) is 14.3. The van der Waals surface area contributed by atoms with Crippen molar-refractivity contribution in [3.05, 3.63) is 11.7 Å². The summed E-state index contributed by atoms with van der Waals surface area (Å²) < 4.78 is 5.53. The summed E-state index contributed by atoms with van der Waals surface area (Å²) in [6, 6.07) is 0.478. The fraction of sp³-hybridized carbons (Fsp3) is 0.867. The number of aromatic nitrogens is 2. The molecule has 1 aromatic heterocycles. The molecule has 1 aliphatic rings. The van der Waals surface area contributed by atoms with E-state index in [0.29, 0.717) is 12.0 Å². The Kier molecular flexibility index (Phi) is 6.99. The molecule has 0 amide bonds. The van der Waals surface area contributed by atoms with Gasteiger partial charge in [-0.2, -0.15) is 16.7 Å². The van der Waals surface area contributed by atoms with E-state index in [1.807, 2.05) is 11.8 Å². The van der Waals surface area contributed by atoms with Crippen molar-refractivity contribution in [3.63, 3.8) is 0 Å². The van der Waals surface area contributed by atoms with Crippen molar-refractivity contribution in [1.29, 1.82) is 0 Å². The summed E-state index contributed by atoms with van der Waals surface area (Å²) >= 11 is 1.97. The number of rotatable bonds is 9. The maximum Gasteiger partial charge on any atom is 0.232 e. The van der Waals surface area contributed by atoms with Crippen molar-refractivity contribution < 1.29 is 4.52 Å². The van der Waals surface area contributed by atoms with E-state index >= 15 is 0 Å². The summed E-state index contributed by atoms with van der Waals surface area (Å²) in [5, 5.41) is 7.77. The number of hydrogen-bond acceptors (Lipinski definition) is 6. The molecule has 0 radical (unpaired) electrons. The first-order valence-electron chi connectivity index (χ1n) is 8.14. The van der Waals surface area contributed by atoms with E-state index in [1.165, 1.54) is 0 Å². The van der Waals surface area contributed by atoms with Gasteiger partial charge in [-0.25, -0.2) is 0 Å². The minimum Gasteiger partial charge on any atom is -0.339 e. The Morgan fingerprint density at radius 3 is 2.81 bits per heavy atom. The Morgan fingerprint density at radius 2 is 2.10 bits per heavy atom. The van der Waals surface area contributed by atoms with E-state index in [2.05, 4.69) is 41.1 Å². The molecule has 1 N–H and O–H groups in total. The number of thioether (sulfide) groups is 1. The quantitative estimate of drug-likeness (QED) is 0.754. The molecule has 21 heavy (non-hydrogen) atoms. The summed E-state index contributed by atoms with van der Waals surface area (Å²) in [5.74, 6) is 4.27. The monoisotopic (exact) mass is 312 g/mol. The molecule has 5 nitrogen and oxygen atoms in total. The van der Waals surface area contributed by atoms with Gasteiger partial charge in [0.2, 0.25) is 5.89 Å². The van der Waals surface area contributed by atoms with Crippen LogP contribution in [0.2, 0.25) is 0 Å². The first-order chi connectivity index (χ1) is 10.3. The molecule has 1 aliphatic heterocycles. The summed E-state index contributed by atoms with van der Waals surface area (Å²) in [6.07, 6.45) is 2.03. The predicted octanol–water partition coefficient (Wildman–Crippen LogP) is 2.15. The van der Waals surface area contributed by atoms with E-state index in [1.54, 1.807) is 0 Å². The van der Waals surface area contributed by atoms with Crippen LogP contribution in [0.25, 0.3) is 0 Å². The molecule has 2 heterocycles. The largest absolute Gasteiger partial charge is 0.339 e. The van der Waals surface area contributed by atoms with Gasteiger partial charge in [0, 0.05) is 30.5 Å². The Labute approximate surface area is 132 Å². The summed E-state index contributed by atoms with van der Waals surface area (Å²) in [5.41, 5.74) is 0. The van der Waals surface area contributed by atoms with Crippen molar-refractivity contribution in [2.24, 2.45) is 0 Å². The minimum atomic E-state index is 0.372. The molecule has 1 fully saturated rings. The molecule has 2 unspecified atom stereocenters. The molecule has 0 saturated carbocycles. The zero-order chi connectivity index (χ0) is 15.1. The number of nitrogens with zero attached hydrogens (tertiary/aromatic N) is 3. The molecule has 2 atom stereocenters. The first-order valence-corrected chi connectivity index (χ1v) is 9.29. The van der Waals surface area contributed by atoms with Gasteiger partial charge < -0.3 is 14.7 Å². The first kappa shape index (κ1) is 16.8. The van der Waals surface area contributed by atoms with Crippen LogP contribution in [0.3, 0.4) is 0 Å². The van der Waals surface area contributed by atoms with Gasteiger partial charge in [-0.05, 0) is 26.1 Å². The molecule has 1 aromatic rings. The van der Waals surface area contributed by atoms with Gasteiger partial charge in [0.15, 0.2) is 5.82 Å². The zero-order valence-electron chi connectivity index (χ0n) is 13.5. The van der Waals surface area contributed by atoms with Gasteiger partial charge in [-0.1, -0.05) is 25.9 Å².